The van der Waals surface area contributed by atoms with Crippen molar-refractivity contribution in [3.05, 3.63) is 58.7 Å². The molecular weight excluding hydrogens is 332 g/mol. The number of aromatic nitrogens is 4. The molecule has 0 saturated carbocycles. The number of nitrogens with zero attached hydrogens (tertiary/aromatic N) is 4. The third-order valence-electron chi connectivity index (χ3n) is 4.38. The van der Waals surface area contributed by atoms with Gasteiger partial charge in [-0.2, -0.15) is 22.0 Å². The Morgan fingerprint density at radius 3 is 2.80 bits per heavy atom. The number of hydrogen-bond acceptors (Lipinski definition) is 4. The van der Waals surface area contributed by atoms with Crippen LogP contribution in [0.15, 0.2) is 47.4 Å². The molecule has 0 amide bonds. The van der Waals surface area contributed by atoms with Crippen LogP contribution in [0.5, 0.6) is 0 Å². The Kier molecular flexibility index (Phi) is 4.21. The monoisotopic (exact) mass is 352 g/mol. The fourth-order valence-corrected chi connectivity index (χ4v) is 4.00. The van der Waals surface area contributed by atoms with Gasteiger partial charge in [-0.1, -0.05) is 12.1 Å². The Hall–Kier alpha value is -2.34. The Morgan fingerprint density at radius 2 is 2.04 bits per heavy atom. The largest absolute Gasteiger partial charge is 0.268 e. The molecule has 6 heteroatoms. The molecule has 0 unspecified atom stereocenters. The lowest BCUT2D eigenvalue weighted by molar-refractivity contribution is 0.505. The lowest BCUT2D eigenvalue weighted by Crippen LogP contribution is -2.24. The summed E-state index contributed by atoms with van der Waals surface area (Å²) in [5, 5.41) is 9.46. The highest BCUT2D eigenvalue weighted by molar-refractivity contribution is 7.99. The molecule has 0 spiro atoms. The molecule has 4 heterocycles. The predicted octanol–water partition coefficient (Wildman–Crippen LogP) is 3.66. The minimum absolute atomic E-state index is 0.0167. The van der Waals surface area contributed by atoms with Gasteiger partial charge in [-0.15, -0.1) is 0 Å². The van der Waals surface area contributed by atoms with Crippen LogP contribution in [-0.2, 0) is 0 Å². The molecule has 0 bridgehead atoms. The van der Waals surface area contributed by atoms with E-state index in [1.807, 2.05) is 54.5 Å². The zero-order valence-electron chi connectivity index (χ0n) is 14.3. The van der Waals surface area contributed by atoms with Gasteiger partial charge in [-0.3, -0.25) is 4.79 Å². The average molecular weight is 352 g/mol. The van der Waals surface area contributed by atoms with Crippen molar-refractivity contribution >= 4 is 22.9 Å². The predicted molar refractivity (Wildman–Crippen MR) is 103 cm³/mol. The minimum atomic E-state index is -0.0787. The minimum Gasteiger partial charge on any atom is -0.268 e. The van der Waals surface area contributed by atoms with Crippen molar-refractivity contribution in [1.29, 1.82) is 0 Å². The zero-order chi connectivity index (χ0) is 17.4. The highest BCUT2D eigenvalue weighted by Gasteiger charge is 2.21. The van der Waals surface area contributed by atoms with Gasteiger partial charge < -0.3 is 0 Å². The summed E-state index contributed by atoms with van der Waals surface area (Å²) in [7, 11) is 0. The third-order valence-corrected chi connectivity index (χ3v) is 5.27. The average Bonchev–Trinajstić information content (AvgIpc) is 3.02. The molecule has 0 fully saturated rings. The van der Waals surface area contributed by atoms with Gasteiger partial charge in [-0.05, 0) is 49.8 Å². The summed E-state index contributed by atoms with van der Waals surface area (Å²) >= 11 is 1.94. The van der Waals surface area contributed by atoms with Crippen LogP contribution in [0.4, 0.5) is 0 Å². The van der Waals surface area contributed by atoms with E-state index in [0.29, 0.717) is 0 Å². The summed E-state index contributed by atoms with van der Waals surface area (Å²) in [6.07, 6.45) is 5.22. The molecule has 0 atom stereocenters. The third kappa shape index (κ3) is 2.91. The molecule has 1 aliphatic heterocycles. The molecule has 0 N–H and O–H groups in total. The molecule has 128 valence electrons. The topological polar surface area (TPSA) is 52.2 Å². The second kappa shape index (κ2) is 6.52. The van der Waals surface area contributed by atoms with E-state index in [4.69, 9.17) is 5.10 Å². The van der Waals surface area contributed by atoms with Gasteiger partial charge in [-0.25, -0.2) is 9.20 Å². The van der Waals surface area contributed by atoms with Crippen molar-refractivity contribution in [3.8, 4) is 11.3 Å². The van der Waals surface area contributed by atoms with Crippen molar-refractivity contribution in [1.82, 2.24) is 19.4 Å². The van der Waals surface area contributed by atoms with E-state index in [2.05, 4.69) is 17.2 Å². The van der Waals surface area contributed by atoms with Gasteiger partial charge in [0, 0.05) is 18.0 Å². The number of fused-ring (bicyclic) bond motifs is 1. The maximum Gasteiger partial charge on any atom is 0.267 e. The van der Waals surface area contributed by atoms with Gasteiger partial charge in [0.25, 0.3) is 5.56 Å². The van der Waals surface area contributed by atoms with E-state index >= 15 is 0 Å². The van der Waals surface area contributed by atoms with Crippen LogP contribution in [-0.4, -0.2) is 30.9 Å². The van der Waals surface area contributed by atoms with E-state index in [0.717, 1.165) is 40.4 Å². The van der Waals surface area contributed by atoms with E-state index < -0.39 is 0 Å². The van der Waals surface area contributed by atoms with Crippen LogP contribution < -0.4 is 5.56 Å². The van der Waals surface area contributed by atoms with Crippen LogP contribution in [0.1, 0.15) is 32.0 Å². The SMILES string of the molecule is CC(C)n1nc(-c2c(C3=CCSCC3)nn3ccccc23)ccc1=O. The van der Waals surface area contributed by atoms with E-state index in [1.54, 1.807) is 6.07 Å². The summed E-state index contributed by atoms with van der Waals surface area (Å²) in [5.74, 6) is 2.12. The van der Waals surface area contributed by atoms with Gasteiger partial charge in [0.1, 0.15) is 0 Å². The van der Waals surface area contributed by atoms with E-state index in [-0.39, 0.29) is 11.6 Å². The Balaban J connectivity index is 1.98. The summed E-state index contributed by atoms with van der Waals surface area (Å²) < 4.78 is 3.44. The van der Waals surface area contributed by atoms with Crippen molar-refractivity contribution in [2.45, 2.75) is 26.3 Å². The molecule has 0 saturated heterocycles. The lowest BCUT2D eigenvalue weighted by atomic mass is 10.0. The molecule has 3 aromatic rings. The van der Waals surface area contributed by atoms with E-state index in [1.165, 1.54) is 10.3 Å². The van der Waals surface area contributed by atoms with Crippen molar-refractivity contribution in [2.75, 3.05) is 11.5 Å². The first-order chi connectivity index (χ1) is 12.1. The Bertz CT molecular complexity index is 1020. The van der Waals surface area contributed by atoms with Gasteiger partial charge >= 0.3 is 0 Å². The summed E-state index contributed by atoms with van der Waals surface area (Å²) in [6.45, 7) is 3.94. The van der Waals surface area contributed by atoms with Gasteiger partial charge in [0.05, 0.1) is 28.5 Å². The number of pyridine rings is 1. The van der Waals surface area contributed by atoms with Crippen molar-refractivity contribution in [3.63, 3.8) is 0 Å². The maximum atomic E-state index is 12.1. The first kappa shape index (κ1) is 16.1. The maximum absolute atomic E-state index is 12.1. The molecule has 0 aliphatic carbocycles. The van der Waals surface area contributed by atoms with Gasteiger partial charge in [0.15, 0.2) is 0 Å². The van der Waals surface area contributed by atoms with Crippen LogP contribution in [0.25, 0.3) is 22.3 Å². The van der Waals surface area contributed by atoms with Crippen molar-refractivity contribution < 1.29 is 0 Å². The fraction of sp³-hybridized carbons (Fsp3) is 0.316. The number of rotatable bonds is 3. The quantitative estimate of drug-likeness (QED) is 0.722. The van der Waals surface area contributed by atoms with Crippen LogP contribution in [0.2, 0.25) is 0 Å². The molecular formula is C19H20N4OS. The Labute approximate surface area is 150 Å². The smallest absolute Gasteiger partial charge is 0.267 e. The summed E-state index contributed by atoms with van der Waals surface area (Å²) in [5.41, 5.74) is 4.98. The molecule has 5 nitrogen and oxygen atoms in total. The fourth-order valence-electron chi connectivity index (χ4n) is 3.15. The second-order valence-electron chi connectivity index (χ2n) is 6.40. The highest BCUT2D eigenvalue weighted by Crippen LogP contribution is 2.34. The normalized spacial score (nSPS) is 14.9. The zero-order valence-corrected chi connectivity index (χ0v) is 15.2. The van der Waals surface area contributed by atoms with Gasteiger partial charge in [0.2, 0.25) is 0 Å². The first-order valence-electron chi connectivity index (χ1n) is 8.50. The molecule has 25 heavy (non-hydrogen) atoms. The molecule has 0 radical (unpaired) electrons. The first-order valence-corrected chi connectivity index (χ1v) is 9.65. The molecule has 0 aromatic carbocycles. The molecule has 4 rings (SSSR count). The van der Waals surface area contributed by atoms with E-state index in [9.17, 15) is 4.79 Å². The van der Waals surface area contributed by atoms with Crippen LogP contribution in [0.3, 0.4) is 0 Å². The van der Waals surface area contributed by atoms with Crippen LogP contribution in [0, 0.1) is 0 Å². The Morgan fingerprint density at radius 1 is 1.16 bits per heavy atom. The van der Waals surface area contributed by atoms with Crippen LogP contribution >= 0.6 is 11.8 Å². The number of allylic oxidation sites excluding steroid dienone is 1. The highest BCUT2D eigenvalue weighted by atomic mass is 32.2. The molecule has 3 aromatic heterocycles. The molecule has 1 aliphatic rings. The summed E-state index contributed by atoms with van der Waals surface area (Å²) in [4.78, 5) is 12.1. The lowest BCUT2D eigenvalue weighted by Gasteiger charge is -2.13. The number of thioether (sulfide) groups is 1. The number of hydrogen-bond donors (Lipinski definition) is 0. The summed E-state index contributed by atoms with van der Waals surface area (Å²) in [6, 6.07) is 9.46. The van der Waals surface area contributed by atoms with Crippen molar-refractivity contribution in [2.24, 2.45) is 0 Å². The standard InChI is InChI=1S/C19H20N4OS/c1-13(2)23-17(24)7-6-15(20-23)18-16-5-3-4-10-22(16)21-19(18)14-8-11-25-12-9-14/h3-8,10,13H,9,11-12H2,1-2H3. The second-order valence-corrected chi connectivity index (χ2v) is 7.55.